The summed E-state index contributed by atoms with van der Waals surface area (Å²) >= 11 is 0. The Morgan fingerprint density at radius 3 is 2.54 bits per heavy atom. The number of rotatable bonds is 7. The molecule has 5 rings (SSSR count). The number of imidazole rings is 1. The van der Waals surface area contributed by atoms with Crippen molar-refractivity contribution in [1.82, 2.24) is 34.3 Å². The van der Waals surface area contributed by atoms with Gasteiger partial charge in [0.1, 0.15) is 17.1 Å². The molecule has 0 aliphatic heterocycles. The molecular weight excluding hydrogens is 451 g/mol. The molecule has 4 aromatic heterocycles. The highest BCUT2D eigenvalue weighted by Gasteiger charge is 2.22. The Morgan fingerprint density at radius 2 is 1.86 bits per heavy atom. The van der Waals surface area contributed by atoms with E-state index < -0.39 is 5.82 Å². The number of nitrogens with zero attached hydrogens (tertiary/aromatic N) is 8. The first-order valence-corrected chi connectivity index (χ1v) is 10.7. The van der Waals surface area contributed by atoms with Gasteiger partial charge < -0.3 is 18.9 Å². The minimum Gasteiger partial charge on any atom is -0.497 e. The van der Waals surface area contributed by atoms with Gasteiger partial charge in [0.05, 0.1) is 56.6 Å². The molecule has 178 valence electrons. The smallest absolute Gasteiger partial charge is 0.188 e. The molecule has 0 aliphatic rings. The van der Waals surface area contributed by atoms with Crippen molar-refractivity contribution in [2.24, 2.45) is 14.1 Å². The van der Waals surface area contributed by atoms with Gasteiger partial charge in [0, 0.05) is 44.2 Å². The third-order valence-electron chi connectivity index (χ3n) is 5.49. The summed E-state index contributed by atoms with van der Waals surface area (Å²) in [7, 11) is 6.64. The number of ether oxygens (including phenoxy) is 2. The highest BCUT2D eigenvalue weighted by atomic mass is 19.1. The molecule has 0 atom stereocenters. The number of anilines is 2. The molecular formula is C24H23FN8O2. The van der Waals surface area contributed by atoms with Gasteiger partial charge in [-0.2, -0.15) is 5.10 Å². The van der Waals surface area contributed by atoms with E-state index in [-0.39, 0.29) is 18.0 Å². The maximum atomic E-state index is 15.5. The molecule has 0 aliphatic carbocycles. The molecule has 0 spiro atoms. The lowest BCUT2D eigenvalue weighted by Gasteiger charge is -2.25. The number of aryl methyl sites for hydroxylation is 2. The molecule has 0 radical (unpaired) electrons. The Labute approximate surface area is 200 Å². The number of benzene rings is 1. The Bertz CT molecular complexity index is 1510. The highest BCUT2D eigenvalue weighted by Crippen LogP contribution is 2.37. The molecule has 0 N–H and O–H groups in total. The van der Waals surface area contributed by atoms with Crippen LogP contribution in [-0.2, 0) is 20.6 Å². The predicted molar refractivity (Wildman–Crippen MR) is 128 cm³/mol. The number of aromatic nitrogens is 7. The summed E-state index contributed by atoms with van der Waals surface area (Å²) in [6.45, 7) is 0.252. The van der Waals surface area contributed by atoms with Crippen molar-refractivity contribution < 1.29 is 13.9 Å². The Balaban J connectivity index is 1.65. The van der Waals surface area contributed by atoms with Crippen LogP contribution in [0.2, 0.25) is 0 Å². The third-order valence-corrected chi connectivity index (χ3v) is 5.49. The van der Waals surface area contributed by atoms with Crippen LogP contribution in [0.15, 0.2) is 55.4 Å². The largest absolute Gasteiger partial charge is 0.497 e. The van der Waals surface area contributed by atoms with Crippen LogP contribution in [0.5, 0.6) is 11.5 Å². The van der Waals surface area contributed by atoms with Crippen LogP contribution in [0.4, 0.5) is 15.9 Å². The number of hydrogen-bond donors (Lipinski definition) is 0. The van der Waals surface area contributed by atoms with Gasteiger partial charge in [0.25, 0.3) is 0 Å². The number of fused-ring (bicyclic) bond motifs is 1. The third kappa shape index (κ3) is 4.35. The summed E-state index contributed by atoms with van der Waals surface area (Å²) in [5.74, 6) is 0.435. The first-order valence-electron chi connectivity index (χ1n) is 10.7. The monoisotopic (exact) mass is 474 g/mol. The van der Waals surface area contributed by atoms with E-state index >= 15 is 4.39 Å². The Morgan fingerprint density at radius 1 is 1.00 bits per heavy atom. The molecule has 0 unspecified atom stereocenters. The van der Waals surface area contributed by atoms with Gasteiger partial charge in [-0.3, -0.25) is 9.67 Å². The summed E-state index contributed by atoms with van der Waals surface area (Å²) < 4.78 is 29.7. The van der Waals surface area contributed by atoms with E-state index in [2.05, 4.69) is 20.1 Å². The summed E-state index contributed by atoms with van der Waals surface area (Å²) in [5, 5.41) is 4.20. The molecule has 1 aromatic carbocycles. The molecule has 0 bridgehead atoms. The molecule has 0 saturated carbocycles. The lowest BCUT2D eigenvalue weighted by atomic mass is 10.2. The zero-order chi connectivity index (χ0) is 24.5. The fourth-order valence-corrected chi connectivity index (χ4v) is 3.75. The predicted octanol–water partition coefficient (Wildman–Crippen LogP) is 3.65. The molecule has 4 heterocycles. The van der Waals surface area contributed by atoms with Crippen LogP contribution in [0, 0.1) is 5.82 Å². The average molecular weight is 475 g/mol. The highest BCUT2D eigenvalue weighted by molar-refractivity contribution is 5.77. The van der Waals surface area contributed by atoms with Crippen molar-refractivity contribution in [2.45, 2.75) is 6.54 Å². The number of methoxy groups -OCH3 is 2. The van der Waals surface area contributed by atoms with Crippen LogP contribution >= 0.6 is 0 Å². The minimum absolute atomic E-state index is 0.0600. The lowest BCUT2D eigenvalue weighted by Crippen LogP contribution is -2.20. The van der Waals surface area contributed by atoms with Crippen molar-refractivity contribution in [3.8, 4) is 22.8 Å². The van der Waals surface area contributed by atoms with E-state index in [1.165, 1.54) is 20.3 Å². The van der Waals surface area contributed by atoms with E-state index in [4.69, 9.17) is 14.5 Å². The van der Waals surface area contributed by atoms with Crippen LogP contribution in [0.25, 0.3) is 22.4 Å². The lowest BCUT2D eigenvalue weighted by molar-refractivity contribution is 0.374. The average Bonchev–Trinajstić information content (AvgIpc) is 3.50. The van der Waals surface area contributed by atoms with E-state index in [1.807, 2.05) is 31.1 Å². The summed E-state index contributed by atoms with van der Waals surface area (Å²) in [5.41, 5.74) is 3.46. The van der Waals surface area contributed by atoms with Crippen LogP contribution in [-0.4, -0.2) is 48.5 Å². The van der Waals surface area contributed by atoms with Crippen molar-refractivity contribution >= 4 is 22.7 Å². The second-order valence-corrected chi connectivity index (χ2v) is 7.95. The van der Waals surface area contributed by atoms with E-state index in [9.17, 15) is 0 Å². The maximum absolute atomic E-state index is 15.5. The van der Waals surface area contributed by atoms with Crippen molar-refractivity contribution in [3.63, 3.8) is 0 Å². The summed E-state index contributed by atoms with van der Waals surface area (Å²) in [6, 6.07) is 6.68. The minimum atomic E-state index is -0.540. The first kappa shape index (κ1) is 22.3. The Kier molecular flexibility index (Phi) is 5.73. The molecule has 0 saturated heterocycles. The van der Waals surface area contributed by atoms with Gasteiger partial charge in [-0.15, -0.1) is 0 Å². The SMILES string of the molecule is COc1cc(OC)c(F)c(N(Cc2cn(C)cn2)c2ccc3ncc(-c4cnn(C)c4)nc3n2)c1. The van der Waals surface area contributed by atoms with E-state index in [1.54, 1.807) is 46.5 Å². The molecule has 0 amide bonds. The molecule has 10 nitrogen and oxygen atoms in total. The second-order valence-electron chi connectivity index (χ2n) is 7.95. The van der Waals surface area contributed by atoms with Gasteiger partial charge in [0.2, 0.25) is 0 Å². The first-order chi connectivity index (χ1) is 16.9. The quantitative estimate of drug-likeness (QED) is 0.353. The van der Waals surface area contributed by atoms with Gasteiger partial charge in [-0.1, -0.05) is 0 Å². The van der Waals surface area contributed by atoms with Gasteiger partial charge in [-0.05, 0) is 12.1 Å². The fraction of sp³-hybridized carbons (Fsp3) is 0.208. The normalized spacial score (nSPS) is 11.1. The van der Waals surface area contributed by atoms with E-state index in [0.717, 1.165) is 11.3 Å². The zero-order valence-corrected chi connectivity index (χ0v) is 19.7. The van der Waals surface area contributed by atoms with Crippen molar-refractivity contribution in [1.29, 1.82) is 0 Å². The zero-order valence-electron chi connectivity index (χ0n) is 19.7. The molecule has 5 aromatic rings. The maximum Gasteiger partial charge on any atom is 0.188 e. The number of halogens is 1. The van der Waals surface area contributed by atoms with Gasteiger partial charge >= 0.3 is 0 Å². The van der Waals surface area contributed by atoms with Crippen LogP contribution in [0.3, 0.4) is 0 Å². The Hall–Kier alpha value is -4.54. The van der Waals surface area contributed by atoms with Crippen LogP contribution < -0.4 is 14.4 Å². The van der Waals surface area contributed by atoms with Gasteiger partial charge in [0.15, 0.2) is 17.2 Å². The van der Waals surface area contributed by atoms with Crippen LogP contribution in [0.1, 0.15) is 5.69 Å². The standard InChI is InChI=1S/C24H23FN8O2/c1-31-12-16(27-14-31)13-33(20-7-17(34-3)8-21(35-4)23(20)25)22-6-5-18-24(30-22)29-19(10-26-18)15-9-28-32(2)11-15/h5-12,14H,13H2,1-4H3. The topological polar surface area (TPSA) is 96.0 Å². The molecule has 35 heavy (non-hydrogen) atoms. The summed E-state index contributed by atoms with van der Waals surface area (Å²) in [4.78, 5) is 20.0. The number of hydrogen-bond acceptors (Lipinski definition) is 8. The fourth-order valence-electron chi connectivity index (χ4n) is 3.75. The molecule has 11 heteroatoms. The number of pyridine rings is 1. The van der Waals surface area contributed by atoms with Crippen molar-refractivity contribution in [3.05, 3.63) is 66.9 Å². The summed E-state index contributed by atoms with van der Waals surface area (Å²) in [6.07, 6.45) is 8.80. The van der Waals surface area contributed by atoms with Crippen molar-refractivity contribution in [2.75, 3.05) is 19.1 Å². The molecule has 0 fully saturated rings. The second kappa shape index (κ2) is 9.01. The van der Waals surface area contributed by atoms with Gasteiger partial charge in [-0.25, -0.2) is 19.3 Å². The van der Waals surface area contributed by atoms with E-state index in [0.29, 0.717) is 28.4 Å².